The van der Waals surface area contributed by atoms with E-state index >= 15 is 0 Å². The monoisotopic (exact) mass is 1540 g/mol. The third-order valence-corrected chi connectivity index (χ3v) is 22.3. The van der Waals surface area contributed by atoms with Crippen LogP contribution in [0.5, 0.6) is 0 Å². The van der Waals surface area contributed by atoms with Crippen LogP contribution in [0, 0.1) is 0 Å². The van der Waals surface area contributed by atoms with Crippen molar-refractivity contribution in [2.24, 2.45) is 0 Å². The Morgan fingerprint density at radius 2 is 0.381 bits per heavy atom. The van der Waals surface area contributed by atoms with E-state index < -0.39 is 97.5 Å². The average Bonchev–Trinajstić information content (AvgIpc) is 0.923. The number of ether oxygens (including phenoxy) is 4. The second kappa shape index (κ2) is 80.1. The van der Waals surface area contributed by atoms with Crippen LogP contribution in [0.25, 0.3) is 0 Å². The number of hydrogen-bond acceptors (Lipinski definition) is 15. The Bertz CT molecular complexity index is 1980. The Balaban J connectivity index is 5.25. The second-order valence-electron chi connectivity index (χ2n) is 30.9. The lowest BCUT2D eigenvalue weighted by Gasteiger charge is -2.21. The van der Waals surface area contributed by atoms with Gasteiger partial charge in [-0.2, -0.15) is 0 Å². The number of hydrogen-bond donors (Lipinski definition) is 3. The molecule has 3 N–H and O–H groups in total. The summed E-state index contributed by atoms with van der Waals surface area (Å²) in [5, 5.41) is 10.7. The average molecular weight is 1540 g/mol. The Morgan fingerprint density at radius 3 is 0.562 bits per heavy atom. The lowest BCUT2D eigenvalue weighted by molar-refractivity contribution is -0.161. The van der Waals surface area contributed by atoms with E-state index in [1.807, 2.05) is 0 Å². The van der Waals surface area contributed by atoms with Gasteiger partial charge in [-0.25, -0.2) is 9.13 Å². The summed E-state index contributed by atoms with van der Waals surface area (Å²) in [5.41, 5.74) is 0. The molecule has 0 radical (unpaired) electrons. The van der Waals surface area contributed by atoms with Crippen molar-refractivity contribution in [3.63, 3.8) is 0 Å². The quantitative estimate of drug-likeness (QED) is 0.0222. The molecule has 0 aliphatic heterocycles. The first-order valence-corrected chi connectivity index (χ1v) is 47.8. The lowest BCUT2D eigenvalue weighted by atomic mass is 10.0. The molecule has 0 fully saturated rings. The maximum Gasteiger partial charge on any atom is 0.472 e. The van der Waals surface area contributed by atoms with Gasteiger partial charge in [0.15, 0.2) is 12.2 Å². The second-order valence-corrected chi connectivity index (χ2v) is 33.8. The number of phosphoric ester groups is 2. The summed E-state index contributed by atoms with van der Waals surface area (Å²) in [6.45, 7) is 5.07. The molecule has 624 valence electrons. The molecule has 0 aromatic rings. The molecular weight excluding hydrogens is 1370 g/mol. The number of aliphatic hydroxyl groups excluding tert-OH is 1. The summed E-state index contributed by atoms with van der Waals surface area (Å²) in [6, 6.07) is 0. The van der Waals surface area contributed by atoms with E-state index in [0.29, 0.717) is 25.7 Å². The van der Waals surface area contributed by atoms with Crippen molar-refractivity contribution in [1.82, 2.24) is 0 Å². The van der Waals surface area contributed by atoms with Crippen molar-refractivity contribution in [1.29, 1.82) is 0 Å². The predicted octanol–water partition coefficient (Wildman–Crippen LogP) is 26.5. The van der Waals surface area contributed by atoms with Crippen LogP contribution < -0.4 is 0 Å². The zero-order valence-corrected chi connectivity index (χ0v) is 70.5. The molecule has 0 rings (SSSR count). The van der Waals surface area contributed by atoms with Crippen molar-refractivity contribution in [3.8, 4) is 0 Å². The molecule has 0 aliphatic rings. The zero-order valence-electron chi connectivity index (χ0n) is 68.7. The maximum atomic E-state index is 13.1. The maximum absolute atomic E-state index is 13.1. The van der Waals surface area contributed by atoms with Crippen LogP contribution in [0.15, 0.2) is 0 Å². The predicted molar refractivity (Wildman–Crippen MR) is 432 cm³/mol. The minimum absolute atomic E-state index is 0.110. The Morgan fingerprint density at radius 1 is 0.229 bits per heavy atom. The molecule has 5 atom stereocenters. The van der Waals surface area contributed by atoms with Crippen molar-refractivity contribution in [3.05, 3.63) is 0 Å². The van der Waals surface area contributed by atoms with Gasteiger partial charge in [0.2, 0.25) is 0 Å². The molecule has 0 saturated carbocycles. The SMILES string of the molecule is CCCCCCCCCCCCCCCCCCCCCC(=O)O[C@H](COC(=O)CCCCCCCCCCCCCCCCCCC)COP(=O)(O)OCC(O)COP(=O)(O)OC[C@@H](COC(=O)CCCCCCCCCCCCCC)OC(=O)CCCCCCCCCCCCCCCCCCC. The molecule has 0 aliphatic carbocycles. The van der Waals surface area contributed by atoms with E-state index in [1.165, 1.54) is 302 Å². The van der Waals surface area contributed by atoms with E-state index in [0.717, 1.165) is 89.9 Å². The fourth-order valence-corrected chi connectivity index (χ4v) is 15.1. The highest BCUT2D eigenvalue weighted by Gasteiger charge is 2.30. The number of carbonyl (C=O) groups is 4. The van der Waals surface area contributed by atoms with Gasteiger partial charge >= 0.3 is 39.5 Å². The largest absolute Gasteiger partial charge is 0.472 e. The summed E-state index contributed by atoms with van der Waals surface area (Å²) in [7, 11) is -9.93. The van der Waals surface area contributed by atoms with Crippen LogP contribution in [0.3, 0.4) is 0 Å². The zero-order chi connectivity index (χ0) is 76.7. The Labute approximate surface area is 645 Å². The first kappa shape index (κ1) is 103. The highest BCUT2D eigenvalue weighted by Crippen LogP contribution is 2.45. The molecule has 19 heteroatoms. The van der Waals surface area contributed by atoms with Crippen LogP contribution in [-0.4, -0.2) is 96.7 Å². The van der Waals surface area contributed by atoms with E-state index in [2.05, 4.69) is 27.7 Å². The van der Waals surface area contributed by atoms with Crippen LogP contribution in [0.2, 0.25) is 0 Å². The number of aliphatic hydroxyl groups is 1. The Kier molecular flexibility index (Phi) is 78.6. The lowest BCUT2D eigenvalue weighted by Crippen LogP contribution is -2.30. The third-order valence-electron chi connectivity index (χ3n) is 20.4. The molecular formula is C86H168O17P2. The smallest absolute Gasteiger partial charge is 0.462 e. The molecule has 0 bridgehead atoms. The van der Waals surface area contributed by atoms with Gasteiger partial charge in [-0.3, -0.25) is 37.3 Å². The highest BCUT2D eigenvalue weighted by molar-refractivity contribution is 7.47. The molecule has 0 spiro atoms. The van der Waals surface area contributed by atoms with Crippen LogP contribution in [0.1, 0.15) is 471 Å². The number of phosphoric acid groups is 2. The number of rotatable bonds is 87. The molecule has 105 heavy (non-hydrogen) atoms. The van der Waals surface area contributed by atoms with Gasteiger partial charge in [0.25, 0.3) is 0 Å². The van der Waals surface area contributed by atoms with Crippen molar-refractivity contribution in [2.45, 2.75) is 489 Å². The van der Waals surface area contributed by atoms with E-state index in [9.17, 15) is 43.2 Å². The van der Waals surface area contributed by atoms with Gasteiger partial charge < -0.3 is 33.8 Å². The van der Waals surface area contributed by atoms with E-state index in [4.69, 9.17) is 37.0 Å². The molecule has 0 saturated heterocycles. The first-order valence-electron chi connectivity index (χ1n) is 44.8. The van der Waals surface area contributed by atoms with Gasteiger partial charge in [0, 0.05) is 25.7 Å². The first-order chi connectivity index (χ1) is 51.2. The third kappa shape index (κ3) is 79.9. The topological polar surface area (TPSA) is 237 Å². The van der Waals surface area contributed by atoms with Gasteiger partial charge in [0.1, 0.15) is 19.3 Å². The molecule has 17 nitrogen and oxygen atoms in total. The summed E-state index contributed by atoms with van der Waals surface area (Å²) in [6.07, 6.45) is 74.9. The van der Waals surface area contributed by atoms with E-state index in [1.54, 1.807) is 0 Å². The molecule has 3 unspecified atom stereocenters. The van der Waals surface area contributed by atoms with Gasteiger partial charge in [0.05, 0.1) is 26.4 Å². The number of carbonyl (C=O) groups excluding carboxylic acids is 4. The minimum atomic E-state index is -4.96. The van der Waals surface area contributed by atoms with Gasteiger partial charge in [-0.05, 0) is 25.7 Å². The number of esters is 4. The highest BCUT2D eigenvalue weighted by atomic mass is 31.2. The summed E-state index contributed by atoms with van der Waals surface area (Å²) >= 11 is 0. The molecule has 0 aromatic carbocycles. The van der Waals surface area contributed by atoms with Crippen LogP contribution in [0.4, 0.5) is 0 Å². The molecule has 0 aromatic heterocycles. The standard InChI is InChI=1S/C86H168O17P2/c1-5-9-13-17-21-25-29-33-36-39-40-43-46-49-53-57-61-65-69-73-86(91)103-82(77-97-84(89)71-67-63-59-55-51-47-44-41-37-34-30-26-22-18-14-10-6-2)79-101-105(94,95)99-75-80(87)74-98-104(92,93)100-78-81(76-96-83(88)70-66-62-58-54-50-32-28-24-20-16-12-8-4)102-85(90)72-68-64-60-56-52-48-45-42-38-35-31-27-23-19-15-11-7-3/h80-82,87H,5-79H2,1-4H3,(H,92,93)(H,94,95)/t80?,81-,82-/m1/s1. The van der Waals surface area contributed by atoms with Crippen LogP contribution >= 0.6 is 15.6 Å². The summed E-state index contributed by atoms with van der Waals surface area (Å²) < 4.78 is 68.9. The van der Waals surface area contributed by atoms with Crippen molar-refractivity contribution >= 4 is 39.5 Å². The summed E-state index contributed by atoms with van der Waals surface area (Å²) in [5.74, 6) is -2.09. The minimum Gasteiger partial charge on any atom is -0.462 e. The summed E-state index contributed by atoms with van der Waals surface area (Å²) in [4.78, 5) is 73.3. The van der Waals surface area contributed by atoms with Crippen LogP contribution in [-0.2, 0) is 65.4 Å². The van der Waals surface area contributed by atoms with Crippen molar-refractivity contribution in [2.75, 3.05) is 39.6 Å². The molecule has 0 amide bonds. The molecule has 0 heterocycles. The Hall–Kier alpha value is -1.94. The normalized spacial score (nSPS) is 13.7. The van der Waals surface area contributed by atoms with Gasteiger partial charge in [-0.15, -0.1) is 0 Å². The fraction of sp³-hybridized carbons (Fsp3) is 0.953. The number of unbranched alkanes of at least 4 members (excludes halogenated alkanes) is 61. The van der Waals surface area contributed by atoms with E-state index in [-0.39, 0.29) is 25.7 Å². The fourth-order valence-electron chi connectivity index (χ4n) is 13.5. The van der Waals surface area contributed by atoms with Gasteiger partial charge in [-0.1, -0.05) is 419 Å². The van der Waals surface area contributed by atoms with Crippen molar-refractivity contribution < 1.29 is 80.2 Å².